The fraction of sp³-hybridized carbons (Fsp3) is 0.481. The summed E-state index contributed by atoms with van der Waals surface area (Å²) >= 11 is 0. The third-order valence-electron chi connectivity index (χ3n) is 7.01. The fourth-order valence-corrected chi connectivity index (χ4v) is 4.70. The molecule has 0 N–H and O–H groups in total. The van der Waals surface area contributed by atoms with E-state index in [1.54, 1.807) is 24.3 Å². The summed E-state index contributed by atoms with van der Waals surface area (Å²) in [5, 5.41) is 12.5. The van der Waals surface area contributed by atoms with Gasteiger partial charge in [-0.2, -0.15) is 0 Å². The average molecular weight is 477 g/mol. The van der Waals surface area contributed by atoms with Crippen LogP contribution in [0.1, 0.15) is 60.4 Å². The van der Waals surface area contributed by atoms with Crippen LogP contribution in [0.15, 0.2) is 60.7 Å². The lowest BCUT2D eigenvalue weighted by molar-refractivity contribution is 0.0600. The van der Waals surface area contributed by atoms with Crippen LogP contribution in [0.25, 0.3) is 0 Å². The highest BCUT2D eigenvalue weighted by Crippen LogP contribution is 2.27. The highest BCUT2D eigenvalue weighted by molar-refractivity contribution is 5.89. The van der Waals surface area contributed by atoms with E-state index in [-0.39, 0.29) is 12.0 Å². The van der Waals surface area contributed by atoms with E-state index in [2.05, 4.69) is 61.3 Å². The summed E-state index contributed by atoms with van der Waals surface area (Å²) in [5.41, 5.74) is 1.82. The molecule has 2 heterocycles. The molecular weight excluding hydrogens is 440 g/mol. The van der Waals surface area contributed by atoms with Crippen molar-refractivity contribution >= 4 is 5.97 Å². The Bertz CT molecular complexity index is 1040. The van der Waals surface area contributed by atoms with Gasteiger partial charge >= 0.3 is 5.97 Å². The maximum absolute atomic E-state index is 10.8. The predicted molar refractivity (Wildman–Crippen MR) is 135 cm³/mol. The lowest BCUT2D eigenvalue weighted by Crippen LogP contribution is -2.42. The minimum absolute atomic E-state index is 0.250. The summed E-state index contributed by atoms with van der Waals surface area (Å²) in [4.78, 5) is 16.0. The molecular formula is C27H36N6O2. The Morgan fingerprint density at radius 3 is 2.34 bits per heavy atom. The monoisotopic (exact) mass is 476 g/mol. The van der Waals surface area contributed by atoms with Gasteiger partial charge < -0.3 is 4.74 Å². The van der Waals surface area contributed by atoms with Crippen LogP contribution in [0.4, 0.5) is 0 Å². The third kappa shape index (κ3) is 6.74. The number of hydrogen-bond acceptors (Lipinski definition) is 7. The van der Waals surface area contributed by atoms with E-state index in [0.717, 1.165) is 31.5 Å². The van der Waals surface area contributed by atoms with E-state index in [0.29, 0.717) is 5.56 Å². The number of methoxy groups -OCH3 is 1. The Morgan fingerprint density at radius 1 is 0.971 bits per heavy atom. The molecule has 1 unspecified atom stereocenters. The van der Waals surface area contributed by atoms with Crippen LogP contribution >= 0.6 is 0 Å². The van der Waals surface area contributed by atoms with Gasteiger partial charge in [0, 0.05) is 25.7 Å². The second-order valence-corrected chi connectivity index (χ2v) is 9.22. The van der Waals surface area contributed by atoms with Crippen molar-refractivity contribution in [3.8, 4) is 0 Å². The molecule has 0 amide bonds. The van der Waals surface area contributed by atoms with Crippen molar-refractivity contribution in [3.63, 3.8) is 0 Å². The number of tetrazole rings is 1. The van der Waals surface area contributed by atoms with Gasteiger partial charge in [-0.05, 0) is 60.9 Å². The Kier molecular flexibility index (Phi) is 8.97. The maximum Gasteiger partial charge on any atom is 0.337 e. The number of hydrogen-bond donors (Lipinski definition) is 0. The van der Waals surface area contributed by atoms with Crippen LogP contribution in [0.2, 0.25) is 0 Å². The lowest BCUT2D eigenvalue weighted by atomic mass is 9.91. The summed E-state index contributed by atoms with van der Waals surface area (Å²) < 4.78 is 6.45. The number of carbonyl (C=O) groups is 1. The molecule has 35 heavy (non-hydrogen) atoms. The molecule has 1 atom stereocenters. The number of nitrogens with zero attached hydrogens (tertiary/aromatic N) is 6. The first-order valence-electron chi connectivity index (χ1n) is 12.6. The molecule has 186 valence electrons. The van der Waals surface area contributed by atoms with Crippen LogP contribution < -0.4 is 0 Å². The van der Waals surface area contributed by atoms with Gasteiger partial charge in [0.05, 0.1) is 25.3 Å². The van der Waals surface area contributed by atoms with Crippen LogP contribution in [0.3, 0.4) is 0 Å². The highest BCUT2D eigenvalue weighted by atomic mass is 16.5. The molecule has 8 nitrogen and oxygen atoms in total. The standard InChI is InChI=1S/C19H28N6.C8H8O2/c1-16(23-11-6-12-24(14-13-23)18-9-5-10-18)19-20-21-22-25(19)15-17-7-3-2-4-8-17;1-10-8(9)7-5-3-2-4-6-7/h2-4,7-8,16,18H,5-6,9-15H2,1H3;2-6H,1H3. The number of benzene rings is 2. The van der Waals surface area contributed by atoms with E-state index in [9.17, 15) is 4.79 Å². The number of rotatable bonds is 6. The van der Waals surface area contributed by atoms with Gasteiger partial charge in [-0.1, -0.05) is 55.0 Å². The molecule has 0 bridgehead atoms. The zero-order valence-electron chi connectivity index (χ0n) is 20.8. The number of ether oxygens (including phenoxy) is 1. The average Bonchev–Trinajstić information content (AvgIpc) is 3.20. The minimum atomic E-state index is -0.291. The van der Waals surface area contributed by atoms with Crippen molar-refractivity contribution in [1.29, 1.82) is 0 Å². The van der Waals surface area contributed by atoms with Crippen molar-refractivity contribution in [2.75, 3.05) is 33.3 Å². The summed E-state index contributed by atoms with van der Waals surface area (Å²) in [7, 11) is 1.37. The Labute approximate surface area is 207 Å². The Balaban J connectivity index is 0.000000243. The molecule has 1 aliphatic carbocycles. The first kappa shape index (κ1) is 25.0. The molecule has 0 radical (unpaired) electrons. The maximum atomic E-state index is 10.8. The second kappa shape index (κ2) is 12.6. The molecule has 1 aromatic heterocycles. The quantitative estimate of drug-likeness (QED) is 0.501. The van der Waals surface area contributed by atoms with Crippen molar-refractivity contribution in [1.82, 2.24) is 30.0 Å². The van der Waals surface area contributed by atoms with Crippen molar-refractivity contribution in [2.24, 2.45) is 0 Å². The molecule has 0 spiro atoms. The topological polar surface area (TPSA) is 76.4 Å². The highest BCUT2D eigenvalue weighted by Gasteiger charge is 2.29. The van der Waals surface area contributed by atoms with Crippen LogP contribution in [-0.4, -0.2) is 75.3 Å². The van der Waals surface area contributed by atoms with E-state index in [4.69, 9.17) is 0 Å². The van der Waals surface area contributed by atoms with Gasteiger partial charge in [-0.15, -0.1) is 5.10 Å². The SMILES string of the molecule is CC(c1nnnn1Cc1ccccc1)N1CCCN(C2CCC2)CC1.COC(=O)c1ccccc1. The number of carbonyl (C=O) groups excluding carboxylic acids is 1. The molecule has 5 rings (SSSR count). The van der Waals surface area contributed by atoms with Gasteiger partial charge in [0.2, 0.25) is 0 Å². The van der Waals surface area contributed by atoms with Gasteiger partial charge in [0.1, 0.15) is 0 Å². The largest absolute Gasteiger partial charge is 0.465 e. The number of aromatic nitrogens is 4. The summed E-state index contributed by atoms with van der Waals surface area (Å²) in [6.45, 7) is 7.62. The van der Waals surface area contributed by atoms with Gasteiger partial charge in [-0.3, -0.25) is 9.80 Å². The van der Waals surface area contributed by atoms with E-state index in [1.165, 1.54) is 51.4 Å². The summed E-state index contributed by atoms with van der Waals surface area (Å²) in [6.07, 6.45) is 5.44. The molecule has 1 saturated carbocycles. The van der Waals surface area contributed by atoms with Crippen molar-refractivity contribution in [3.05, 3.63) is 77.6 Å². The Morgan fingerprint density at radius 2 is 1.69 bits per heavy atom. The molecule has 2 aromatic carbocycles. The zero-order chi connectivity index (χ0) is 24.5. The van der Waals surface area contributed by atoms with Crippen molar-refractivity contribution in [2.45, 2.75) is 51.2 Å². The van der Waals surface area contributed by atoms with E-state index < -0.39 is 0 Å². The van der Waals surface area contributed by atoms with Gasteiger partial charge in [-0.25, -0.2) is 9.48 Å². The number of esters is 1. The van der Waals surface area contributed by atoms with Crippen molar-refractivity contribution < 1.29 is 9.53 Å². The molecule has 2 aliphatic rings. The second-order valence-electron chi connectivity index (χ2n) is 9.22. The minimum Gasteiger partial charge on any atom is -0.465 e. The molecule has 2 fully saturated rings. The smallest absolute Gasteiger partial charge is 0.337 e. The third-order valence-corrected chi connectivity index (χ3v) is 7.01. The van der Waals surface area contributed by atoms with E-state index in [1.807, 2.05) is 16.8 Å². The van der Waals surface area contributed by atoms with E-state index >= 15 is 0 Å². The molecule has 1 aliphatic heterocycles. The predicted octanol–water partition coefficient (Wildman–Crippen LogP) is 3.82. The lowest BCUT2D eigenvalue weighted by Gasteiger charge is -2.37. The fourth-order valence-electron chi connectivity index (χ4n) is 4.70. The van der Waals surface area contributed by atoms with Crippen LogP contribution in [0, 0.1) is 0 Å². The van der Waals surface area contributed by atoms with Crippen LogP contribution in [0.5, 0.6) is 0 Å². The zero-order valence-corrected chi connectivity index (χ0v) is 20.8. The summed E-state index contributed by atoms with van der Waals surface area (Å²) in [5.74, 6) is 0.682. The first-order valence-corrected chi connectivity index (χ1v) is 12.6. The Hall–Kier alpha value is -3.10. The molecule has 3 aromatic rings. The van der Waals surface area contributed by atoms with Crippen LogP contribution in [-0.2, 0) is 11.3 Å². The van der Waals surface area contributed by atoms with Gasteiger partial charge in [0.25, 0.3) is 0 Å². The summed E-state index contributed by atoms with van der Waals surface area (Å²) in [6, 6.07) is 20.4. The molecule has 1 saturated heterocycles. The first-order chi connectivity index (χ1) is 17.2. The normalized spacial score (nSPS) is 18.0. The molecule has 8 heteroatoms. The van der Waals surface area contributed by atoms with Gasteiger partial charge in [0.15, 0.2) is 5.82 Å².